The lowest BCUT2D eigenvalue weighted by molar-refractivity contribution is -0.145. The van der Waals surface area contributed by atoms with Gasteiger partial charge in [0.25, 0.3) is 0 Å². The lowest BCUT2D eigenvalue weighted by Gasteiger charge is -2.36. The van der Waals surface area contributed by atoms with Crippen molar-refractivity contribution < 1.29 is 33.8 Å². The summed E-state index contributed by atoms with van der Waals surface area (Å²) >= 11 is 0. The fourth-order valence-corrected chi connectivity index (χ4v) is 5.68. The zero-order valence-electron chi connectivity index (χ0n) is 27.9. The second-order valence-electron chi connectivity index (χ2n) is 12.2. The van der Waals surface area contributed by atoms with Gasteiger partial charge < -0.3 is 30.1 Å². The minimum Gasteiger partial charge on any atom is -0.463 e. The van der Waals surface area contributed by atoms with E-state index in [1.807, 2.05) is 60.7 Å². The van der Waals surface area contributed by atoms with Crippen LogP contribution in [0.15, 0.2) is 79.9 Å². The van der Waals surface area contributed by atoms with Crippen molar-refractivity contribution in [3.05, 3.63) is 96.6 Å². The molecule has 0 saturated heterocycles. The highest BCUT2D eigenvalue weighted by Crippen LogP contribution is 2.25. The molecule has 0 spiro atoms. The number of fused-ring (bicyclic) bond motifs is 1. The first-order chi connectivity index (χ1) is 23.3. The number of allylic oxidation sites excluding steroid dienone is 2. The lowest BCUT2D eigenvalue weighted by atomic mass is 9.92. The van der Waals surface area contributed by atoms with Crippen LogP contribution in [-0.2, 0) is 43.4 Å². The first-order valence-corrected chi connectivity index (χ1v) is 16.9. The quantitative estimate of drug-likeness (QED) is 0.0929. The summed E-state index contributed by atoms with van der Waals surface area (Å²) in [6.07, 6.45) is 8.12. The third-order valence-electron chi connectivity index (χ3n) is 8.42. The first kappa shape index (κ1) is 38.0. The van der Waals surface area contributed by atoms with Gasteiger partial charge in [0.1, 0.15) is 13.2 Å². The molecule has 0 saturated carbocycles. The summed E-state index contributed by atoms with van der Waals surface area (Å²) in [5, 5.41) is 15.8. The lowest BCUT2D eigenvalue weighted by Crippen LogP contribution is -2.48. The zero-order valence-corrected chi connectivity index (χ0v) is 27.9. The third-order valence-corrected chi connectivity index (χ3v) is 8.42. The molecule has 0 fully saturated rings. The van der Waals surface area contributed by atoms with Crippen LogP contribution in [0, 0.1) is 5.92 Å². The molecule has 3 atom stereocenters. The Balaban J connectivity index is 1.54. The summed E-state index contributed by atoms with van der Waals surface area (Å²) in [5.74, 6) is -1.54. The number of alkyl carbamates (subject to hydrolysis) is 1. The number of ether oxygens (including phenoxy) is 2. The van der Waals surface area contributed by atoms with E-state index in [-0.39, 0.29) is 62.9 Å². The van der Waals surface area contributed by atoms with Crippen LogP contribution in [0.25, 0.3) is 0 Å². The van der Waals surface area contributed by atoms with Crippen molar-refractivity contribution in [3.8, 4) is 0 Å². The van der Waals surface area contributed by atoms with Gasteiger partial charge >= 0.3 is 12.1 Å². The Morgan fingerprint density at radius 2 is 1.69 bits per heavy atom. The van der Waals surface area contributed by atoms with E-state index in [9.17, 15) is 24.3 Å². The van der Waals surface area contributed by atoms with E-state index >= 15 is 0 Å². The number of nitrogens with one attached hydrogen (secondary N) is 2. The number of esters is 1. The number of carbonyl (C=O) groups excluding carboxylic acids is 4. The molecule has 0 bridgehead atoms. The van der Waals surface area contributed by atoms with Crippen molar-refractivity contribution in [2.75, 3.05) is 19.8 Å². The minimum atomic E-state index is -0.676. The Morgan fingerprint density at radius 1 is 0.938 bits per heavy atom. The maximum atomic E-state index is 13.6. The molecule has 0 aliphatic carbocycles. The van der Waals surface area contributed by atoms with Gasteiger partial charge in [0.2, 0.25) is 11.8 Å². The molecule has 2 aromatic rings. The Morgan fingerprint density at radius 3 is 2.42 bits per heavy atom. The van der Waals surface area contributed by atoms with Gasteiger partial charge in [-0.3, -0.25) is 14.4 Å². The van der Waals surface area contributed by atoms with Gasteiger partial charge in [-0.25, -0.2) is 4.79 Å². The van der Waals surface area contributed by atoms with Crippen molar-refractivity contribution in [2.24, 2.45) is 5.92 Å². The smallest absolute Gasteiger partial charge is 0.407 e. The first-order valence-electron chi connectivity index (χ1n) is 16.9. The highest BCUT2D eigenvalue weighted by Gasteiger charge is 2.32. The normalized spacial score (nSPS) is 14.9. The number of amides is 3. The van der Waals surface area contributed by atoms with Gasteiger partial charge in [-0.2, -0.15) is 0 Å². The van der Waals surface area contributed by atoms with E-state index in [4.69, 9.17) is 9.47 Å². The predicted molar refractivity (Wildman–Crippen MR) is 185 cm³/mol. The van der Waals surface area contributed by atoms with Crippen LogP contribution in [0.3, 0.4) is 0 Å². The average molecular weight is 662 g/mol. The molecule has 3 amide bonds. The van der Waals surface area contributed by atoms with Gasteiger partial charge in [0.15, 0.2) is 0 Å². The van der Waals surface area contributed by atoms with Crippen molar-refractivity contribution in [3.63, 3.8) is 0 Å². The number of rotatable bonds is 21. The SMILES string of the molecule is C=CCCCCC(=O)OC[C@H](CCCCNC(=O)OCc1ccccc1)NC(=O)[C@H](CC=C)CC(=O)N1Cc2ccccc2C[C@H]1CO. The number of benzene rings is 2. The van der Waals surface area contributed by atoms with Gasteiger partial charge in [-0.15, -0.1) is 13.2 Å². The van der Waals surface area contributed by atoms with Crippen LogP contribution >= 0.6 is 0 Å². The molecule has 1 aliphatic heterocycles. The number of aliphatic hydroxyl groups excluding tert-OH is 1. The van der Waals surface area contributed by atoms with Crippen LogP contribution in [0.1, 0.15) is 74.5 Å². The summed E-state index contributed by atoms with van der Waals surface area (Å²) < 4.78 is 10.8. The van der Waals surface area contributed by atoms with Crippen LogP contribution in [-0.4, -0.2) is 65.7 Å². The second kappa shape index (κ2) is 21.4. The fraction of sp³-hybridized carbons (Fsp3) is 0.474. The third kappa shape index (κ3) is 13.4. The molecular weight excluding hydrogens is 610 g/mol. The largest absolute Gasteiger partial charge is 0.463 e. The molecular formula is C38H51N3O7. The number of hydrogen-bond acceptors (Lipinski definition) is 7. The highest BCUT2D eigenvalue weighted by molar-refractivity contribution is 5.86. The molecule has 1 aliphatic rings. The summed E-state index contributed by atoms with van der Waals surface area (Å²) in [4.78, 5) is 53.3. The summed E-state index contributed by atoms with van der Waals surface area (Å²) in [5.41, 5.74) is 3.04. The summed E-state index contributed by atoms with van der Waals surface area (Å²) in [6, 6.07) is 16.4. The fourth-order valence-electron chi connectivity index (χ4n) is 5.68. The Bertz CT molecular complexity index is 1330. The Hall–Kier alpha value is -4.44. The molecule has 10 heteroatoms. The van der Waals surface area contributed by atoms with Crippen LogP contribution in [0.4, 0.5) is 4.79 Å². The topological polar surface area (TPSA) is 134 Å². The molecule has 0 radical (unpaired) electrons. The zero-order chi connectivity index (χ0) is 34.6. The molecule has 1 heterocycles. The van der Waals surface area contributed by atoms with Crippen LogP contribution in [0.5, 0.6) is 0 Å². The molecule has 0 aromatic heterocycles. The minimum absolute atomic E-state index is 0.00281. The maximum Gasteiger partial charge on any atom is 0.407 e. The standard InChI is InChI=1S/C38H51N3O7/c1-3-5-6-10-21-36(44)47-28-33(20-13-14-22-39-38(46)48-27-29-16-8-7-9-17-29)40-37(45)31(15-4-2)24-35(43)41-25-32-19-12-11-18-30(32)23-34(41)26-42/h3-4,7-9,11-12,16-19,31,33-34,42H,1-2,5-6,10,13-15,20-28H2,(H,39,46)(H,40,45)/t31-,33+,34+/m1/s1. The van der Waals surface area contributed by atoms with E-state index < -0.39 is 18.1 Å². The van der Waals surface area contributed by atoms with E-state index in [0.717, 1.165) is 29.5 Å². The monoisotopic (exact) mass is 661 g/mol. The maximum absolute atomic E-state index is 13.6. The van der Waals surface area contributed by atoms with E-state index in [1.54, 1.807) is 11.0 Å². The van der Waals surface area contributed by atoms with Crippen LogP contribution < -0.4 is 10.6 Å². The number of nitrogens with zero attached hydrogens (tertiary/aromatic N) is 1. The number of aliphatic hydroxyl groups is 1. The summed E-state index contributed by atoms with van der Waals surface area (Å²) in [7, 11) is 0. The average Bonchev–Trinajstić information content (AvgIpc) is 3.10. The van der Waals surface area contributed by atoms with Crippen LogP contribution in [0.2, 0.25) is 0 Å². The van der Waals surface area contributed by atoms with Gasteiger partial charge in [0, 0.05) is 25.9 Å². The highest BCUT2D eigenvalue weighted by atomic mass is 16.5. The molecule has 48 heavy (non-hydrogen) atoms. The van der Waals surface area contributed by atoms with Crippen molar-refractivity contribution in [1.29, 1.82) is 0 Å². The summed E-state index contributed by atoms with van der Waals surface area (Å²) in [6.45, 7) is 8.27. The van der Waals surface area contributed by atoms with Gasteiger partial charge in [-0.1, -0.05) is 66.7 Å². The van der Waals surface area contributed by atoms with Crippen molar-refractivity contribution >= 4 is 23.9 Å². The number of hydrogen-bond donors (Lipinski definition) is 3. The molecule has 260 valence electrons. The Kier molecular flexibility index (Phi) is 17.0. The molecule has 2 aromatic carbocycles. The van der Waals surface area contributed by atoms with Gasteiger partial charge in [0.05, 0.1) is 24.6 Å². The van der Waals surface area contributed by atoms with E-state index in [2.05, 4.69) is 23.8 Å². The van der Waals surface area contributed by atoms with Crippen molar-refractivity contribution in [2.45, 2.75) is 89.4 Å². The molecule has 0 unspecified atom stereocenters. The predicted octanol–water partition coefficient (Wildman–Crippen LogP) is 5.39. The molecule has 10 nitrogen and oxygen atoms in total. The van der Waals surface area contributed by atoms with E-state index in [0.29, 0.717) is 45.2 Å². The number of carbonyl (C=O) groups is 4. The molecule has 3 N–H and O–H groups in total. The molecule has 3 rings (SSSR count). The number of unbranched alkanes of at least 4 members (excludes halogenated alkanes) is 3. The van der Waals surface area contributed by atoms with Gasteiger partial charge in [-0.05, 0) is 68.1 Å². The Labute approximate surface area is 284 Å². The second-order valence-corrected chi connectivity index (χ2v) is 12.2. The van der Waals surface area contributed by atoms with E-state index in [1.165, 1.54) is 0 Å². The van der Waals surface area contributed by atoms with Crippen molar-refractivity contribution in [1.82, 2.24) is 15.5 Å².